The molecule has 0 aromatic heterocycles. The van der Waals surface area contributed by atoms with Crippen LogP contribution in [-0.4, -0.2) is 76.2 Å². The summed E-state index contributed by atoms with van der Waals surface area (Å²) in [5.74, 6) is -2.49. The number of hydrogen-bond donors (Lipinski definition) is 4. The van der Waals surface area contributed by atoms with E-state index in [0.29, 0.717) is 23.7 Å². The third-order valence-corrected chi connectivity index (χ3v) is 8.20. The van der Waals surface area contributed by atoms with Crippen molar-refractivity contribution in [3.63, 3.8) is 0 Å². The first kappa shape index (κ1) is 20.5. The Hall–Kier alpha value is -2.36. The fourth-order valence-electron chi connectivity index (χ4n) is 6.83. The molecule has 4 aliphatic rings. The third kappa shape index (κ3) is 2.37. The van der Waals surface area contributed by atoms with Crippen LogP contribution < -0.4 is 9.47 Å². The molecule has 0 amide bonds. The van der Waals surface area contributed by atoms with E-state index < -0.39 is 23.6 Å². The van der Waals surface area contributed by atoms with Crippen molar-refractivity contribution < 1.29 is 39.5 Å². The quantitative estimate of drug-likeness (QED) is 0.522. The van der Waals surface area contributed by atoms with Gasteiger partial charge in [-0.2, -0.15) is 0 Å². The predicted molar refractivity (Wildman–Crippen MR) is 106 cm³/mol. The Labute approximate surface area is 179 Å². The summed E-state index contributed by atoms with van der Waals surface area (Å²) >= 11 is 0. The third-order valence-electron chi connectivity index (χ3n) is 8.20. The van der Waals surface area contributed by atoms with Gasteiger partial charge in [0.1, 0.15) is 6.10 Å². The van der Waals surface area contributed by atoms with E-state index in [1.807, 2.05) is 7.05 Å². The van der Waals surface area contributed by atoms with Crippen LogP contribution in [0.3, 0.4) is 0 Å². The van der Waals surface area contributed by atoms with Crippen LogP contribution >= 0.6 is 0 Å². The molecule has 5 rings (SSSR count). The molecule has 0 radical (unpaired) electrons. The van der Waals surface area contributed by atoms with Gasteiger partial charge in [-0.1, -0.05) is 0 Å². The summed E-state index contributed by atoms with van der Waals surface area (Å²) in [6.07, 6.45) is 1.61. The Morgan fingerprint density at radius 3 is 2.74 bits per heavy atom. The number of aliphatic hydroxyl groups is 2. The van der Waals surface area contributed by atoms with Crippen molar-refractivity contribution in [2.75, 3.05) is 20.7 Å². The lowest BCUT2D eigenvalue weighted by molar-refractivity contribution is -0.185. The number of methoxy groups -OCH3 is 1. The number of likely N-dealkylation sites (tertiary alicyclic amines) is 1. The fraction of sp³-hybridized carbons (Fsp3) is 0.636. The van der Waals surface area contributed by atoms with Gasteiger partial charge in [-0.3, -0.25) is 0 Å². The number of benzene rings is 1. The second-order valence-corrected chi connectivity index (χ2v) is 9.31. The van der Waals surface area contributed by atoms with Crippen molar-refractivity contribution >= 4 is 11.9 Å². The van der Waals surface area contributed by atoms with Crippen molar-refractivity contribution in [1.82, 2.24) is 4.90 Å². The molecule has 2 fully saturated rings. The molecule has 1 aromatic rings. The first-order chi connectivity index (χ1) is 14.7. The summed E-state index contributed by atoms with van der Waals surface area (Å²) in [7, 11) is 3.47. The van der Waals surface area contributed by atoms with Crippen molar-refractivity contribution in [2.24, 2.45) is 5.92 Å². The van der Waals surface area contributed by atoms with E-state index in [2.05, 4.69) is 4.90 Å². The maximum atomic E-state index is 12.2. The molecule has 1 spiro atoms. The fourth-order valence-corrected chi connectivity index (χ4v) is 6.83. The van der Waals surface area contributed by atoms with Crippen molar-refractivity contribution in [1.29, 1.82) is 0 Å². The molecule has 6 atom stereocenters. The highest BCUT2D eigenvalue weighted by Gasteiger charge is 2.65. The van der Waals surface area contributed by atoms with Gasteiger partial charge in [0.2, 0.25) is 5.60 Å². The number of carboxylic acids is 2. The molecule has 168 valence electrons. The van der Waals surface area contributed by atoms with Gasteiger partial charge in [-0.15, -0.1) is 0 Å². The molecular formula is C22H27NO8. The molecule has 31 heavy (non-hydrogen) atoms. The van der Waals surface area contributed by atoms with Gasteiger partial charge in [0.25, 0.3) is 0 Å². The van der Waals surface area contributed by atoms with Gasteiger partial charge in [-0.05, 0) is 63.2 Å². The minimum absolute atomic E-state index is 0.0667. The summed E-state index contributed by atoms with van der Waals surface area (Å²) in [4.78, 5) is 26.0. The molecule has 2 heterocycles. The molecule has 1 saturated carbocycles. The Morgan fingerprint density at radius 1 is 1.35 bits per heavy atom. The molecule has 9 nitrogen and oxygen atoms in total. The summed E-state index contributed by atoms with van der Waals surface area (Å²) in [6, 6.07) is 1.45. The van der Waals surface area contributed by atoms with Crippen LogP contribution in [0.15, 0.2) is 6.07 Å². The van der Waals surface area contributed by atoms with Gasteiger partial charge in [0.05, 0.1) is 7.11 Å². The standard InChI is InChI=1S/C22H27NO8/c1-23-7-6-21-11-4-3-5-15(21)31-17-14(30-2)9-12(10(16(17)21)8-13(11)23)22(29,20(27)28)18(24)19(25)26/h9,11,13,15,18,24,29H,3-8H2,1-2H3,(H,25,26)(H,27,28)/t11-,13+,15-,18?,21+,22?/m0/s1. The number of carboxylic acid groups (broad SMARTS) is 2. The van der Waals surface area contributed by atoms with E-state index in [1.54, 1.807) is 0 Å². The van der Waals surface area contributed by atoms with E-state index >= 15 is 0 Å². The first-order valence-corrected chi connectivity index (χ1v) is 10.7. The van der Waals surface area contributed by atoms with Gasteiger partial charge in [0, 0.05) is 22.6 Å². The summed E-state index contributed by atoms with van der Waals surface area (Å²) in [5, 5.41) is 40.7. The van der Waals surface area contributed by atoms with Crippen LogP contribution in [0.5, 0.6) is 11.5 Å². The number of rotatable bonds is 5. The highest BCUT2D eigenvalue weighted by atomic mass is 16.5. The van der Waals surface area contributed by atoms with E-state index in [4.69, 9.17) is 9.47 Å². The molecule has 2 bridgehead atoms. The Balaban J connectivity index is 1.83. The Kier molecular flexibility index (Phi) is 4.35. The SMILES string of the molecule is COc1cc(C(O)(C(=O)O)C(O)C(=O)O)c2c3c1O[C@H]1CCC[C@H]4[C@@H](C2)N(C)CC[C@]314. The smallest absolute Gasteiger partial charge is 0.343 e. The average molecular weight is 433 g/mol. The molecule has 9 heteroatoms. The Morgan fingerprint density at radius 2 is 2.10 bits per heavy atom. The lowest BCUT2D eigenvalue weighted by Crippen LogP contribution is -2.64. The van der Waals surface area contributed by atoms with Crippen molar-refractivity contribution in [2.45, 2.75) is 61.4 Å². The van der Waals surface area contributed by atoms with Crippen LogP contribution in [0.2, 0.25) is 0 Å². The minimum atomic E-state index is -3.02. The number of carbonyl (C=O) groups is 2. The topological polar surface area (TPSA) is 137 Å². The van der Waals surface area contributed by atoms with E-state index in [0.717, 1.165) is 37.8 Å². The number of aliphatic hydroxyl groups excluding tert-OH is 1. The predicted octanol–water partition coefficient (Wildman–Crippen LogP) is 0.472. The molecule has 2 unspecified atom stereocenters. The Bertz CT molecular complexity index is 979. The van der Waals surface area contributed by atoms with E-state index in [1.165, 1.54) is 13.2 Å². The van der Waals surface area contributed by atoms with Gasteiger partial charge < -0.3 is 34.8 Å². The lowest BCUT2D eigenvalue weighted by atomic mass is 9.51. The molecular weight excluding hydrogens is 406 g/mol. The number of aliphatic carboxylic acids is 2. The van der Waals surface area contributed by atoms with Crippen LogP contribution in [-0.2, 0) is 27.0 Å². The molecule has 2 aliphatic heterocycles. The van der Waals surface area contributed by atoms with E-state index in [-0.39, 0.29) is 28.9 Å². The highest BCUT2D eigenvalue weighted by molar-refractivity contribution is 5.89. The van der Waals surface area contributed by atoms with Crippen molar-refractivity contribution in [3.8, 4) is 11.5 Å². The number of ether oxygens (including phenoxy) is 2. The van der Waals surface area contributed by atoms with Gasteiger partial charge in [0.15, 0.2) is 17.6 Å². The highest BCUT2D eigenvalue weighted by Crippen LogP contribution is 2.65. The van der Waals surface area contributed by atoms with Gasteiger partial charge >= 0.3 is 11.9 Å². The molecule has 2 aliphatic carbocycles. The normalized spacial score (nSPS) is 33.6. The second kappa shape index (κ2) is 6.57. The summed E-state index contributed by atoms with van der Waals surface area (Å²) in [6.45, 7) is 0.868. The summed E-state index contributed by atoms with van der Waals surface area (Å²) in [5.41, 5.74) is -2.06. The number of piperidine rings is 1. The largest absolute Gasteiger partial charge is 0.493 e. The average Bonchev–Trinajstić information content (AvgIpc) is 3.08. The number of likely N-dealkylation sites (N-methyl/N-ethyl adjacent to an activating group) is 1. The zero-order valence-electron chi connectivity index (χ0n) is 17.5. The minimum Gasteiger partial charge on any atom is -0.493 e. The monoisotopic (exact) mass is 433 g/mol. The van der Waals surface area contributed by atoms with Crippen LogP contribution in [0, 0.1) is 5.92 Å². The number of nitrogens with zero attached hydrogens (tertiary/aromatic N) is 1. The van der Waals surface area contributed by atoms with Crippen LogP contribution in [0.25, 0.3) is 0 Å². The number of hydrogen-bond acceptors (Lipinski definition) is 7. The van der Waals surface area contributed by atoms with E-state index in [9.17, 15) is 30.0 Å². The van der Waals surface area contributed by atoms with Crippen LogP contribution in [0.4, 0.5) is 0 Å². The summed E-state index contributed by atoms with van der Waals surface area (Å²) < 4.78 is 11.9. The molecule has 1 saturated heterocycles. The zero-order chi connectivity index (χ0) is 22.3. The molecule has 1 aromatic carbocycles. The second-order valence-electron chi connectivity index (χ2n) is 9.31. The maximum Gasteiger partial charge on any atom is 0.343 e. The van der Waals surface area contributed by atoms with Gasteiger partial charge in [-0.25, -0.2) is 9.59 Å². The molecule has 4 N–H and O–H groups in total. The first-order valence-electron chi connectivity index (χ1n) is 10.7. The van der Waals surface area contributed by atoms with Crippen molar-refractivity contribution in [3.05, 3.63) is 22.8 Å². The van der Waals surface area contributed by atoms with Crippen LogP contribution in [0.1, 0.15) is 42.4 Å². The maximum absolute atomic E-state index is 12.2. The zero-order valence-corrected chi connectivity index (χ0v) is 17.5. The lowest BCUT2D eigenvalue weighted by Gasteiger charge is -2.58.